The normalized spacial score (nSPS) is 30.1. The predicted octanol–water partition coefficient (Wildman–Crippen LogP) is 1.15. The lowest BCUT2D eigenvalue weighted by molar-refractivity contribution is -0.214. The van der Waals surface area contributed by atoms with E-state index >= 15 is 0 Å². The number of rotatable bonds is 1. The quantitative estimate of drug-likeness (QED) is 0.662. The lowest BCUT2D eigenvalue weighted by Crippen LogP contribution is -2.64. The Morgan fingerprint density at radius 2 is 2.00 bits per heavy atom. The number of halogens is 3. The molecule has 0 radical (unpaired) electrons. The Balaban J connectivity index is 2.93. The summed E-state index contributed by atoms with van der Waals surface area (Å²) in [6, 6.07) is 0. The van der Waals surface area contributed by atoms with Gasteiger partial charge >= 0.3 is 12.1 Å². The van der Waals surface area contributed by atoms with Gasteiger partial charge in [0.2, 0.25) is 5.54 Å². The maximum atomic E-state index is 12.4. The molecule has 0 aromatic heterocycles. The number of piperidine rings is 1. The van der Waals surface area contributed by atoms with Crippen LogP contribution in [0, 0.1) is 0 Å². The Hall–Kier alpha value is -0.780. The van der Waals surface area contributed by atoms with Crippen molar-refractivity contribution in [3.63, 3.8) is 0 Å². The summed E-state index contributed by atoms with van der Waals surface area (Å²) in [5.41, 5.74) is -2.72. The molecule has 0 aliphatic carbocycles. The molecule has 1 aliphatic heterocycles. The van der Waals surface area contributed by atoms with E-state index in [2.05, 4.69) is 0 Å². The van der Waals surface area contributed by atoms with Crippen LogP contribution in [0.5, 0.6) is 0 Å². The summed E-state index contributed by atoms with van der Waals surface area (Å²) >= 11 is 0. The van der Waals surface area contributed by atoms with E-state index in [4.69, 9.17) is 5.11 Å². The third-order valence-electron chi connectivity index (χ3n) is 2.25. The molecule has 0 aromatic rings. The van der Waals surface area contributed by atoms with E-state index in [-0.39, 0.29) is 13.0 Å². The second-order valence-corrected chi connectivity index (χ2v) is 3.09. The van der Waals surface area contributed by atoms with Gasteiger partial charge in [-0.25, -0.2) is 4.79 Å². The Kier molecular flexibility index (Phi) is 2.51. The number of aliphatic carboxylic acids is 1. The van der Waals surface area contributed by atoms with Gasteiger partial charge in [-0.05, 0) is 25.8 Å². The van der Waals surface area contributed by atoms with Gasteiger partial charge in [0.25, 0.3) is 0 Å². The molecule has 76 valence electrons. The van der Waals surface area contributed by atoms with Gasteiger partial charge in [0.05, 0.1) is 0 Å². The van der Waals surface area contributed by atoms with Crippen LogP contribution in [-0.4, -0.2) is 29.3 Å². The smallest absolute Gasteiger partial charge is 0.417 e. The molecule has 1 unspecified atom stereocenters. The minimum atomic E-state index is -4.72. The van der Waals surface area contributed by atoms with Crippen molar-refractivity contribution in [2.45, 2.75) is 31.0 Å². The number of hydrogen-bond acceptors (Lipinski definition) is 2. The fourth-order valence-corrected chi connectivity index (χ4v) is 1.45. The molecule has 6 heteroatoms. The number of hydrogen-bond donors (Lipinski definition) is 2. The maximum absolute atomic E-state index is 12.4. The summed E-state index contributed by atoms with van der Waals surface area (Å²) in [7, 11) is 0. The van der Waals surface area contributed by atoms with Crippen LogP contribution in [0.4, 0.5) is 13.2 Å². The standard InChI is InChI=1S/C7H10F3NO2/c8-7(9,10)6(5(12)13)3-1-2-4-11-6/h11H,1-4H2,(H,12,13). The third-order valence-corrected chi connectivity index (χ3v) is 2.25. The molecule has 1 rings (SSSR count). The zero-order valence-electron chi connectivity index (χ0n) is 6.82. The maximum Gasteiger partial charge on any atom is 0.417 e. The molecule has 1 fully saturated rings. The highest BCUT2D eigenvalue weighted by Gasteiger charge is 2.60. The molecule has 1 atom stereocenters. The zero-order valence-corrected chi connectivity index (χ0v) is 6.82. The average Bonchev–Trinajstić information content (AvgIpc) is 2.03. The summed E-state index contributed by atoms with van der Waals surface area (Å²) < 4.78 is 37.2. The molecule has 0 amide bonds. The second kappa shape index (κ2) is 3.17. The van der Waals surface area contributed by atoms with Gasteiger partial charge in [0.1, 0.15) is 0 Å². The molecule has 1 saturated heterocycles. The number of carboxylic acid groups (broad SMARTS) is 1. The van der Waals surface area contributed by atoms with Crippen LogP contribution in [0.3, 0.4) is 0 Å². The van der Waals surface area contributed by atoms with E-state index in [0.29, 0.717) is 12.8 Å². The van der Waals surface area contributed by atoms with Crippen molar-refractivity contribution in [2.75, 3.05) is 6.54 Å². The first-order valence-electron chi connectivity index (χ1n) is 3.95. The first kappa shape index (κ1) is 10.3. The van der Waals surface area contributed by atoms with Gasteiger partial charge in [0.15, 0.2) is 0 Å². The number of nitrogens with one attached hydrogen (secondary N) is 1. The average molecular weight is 197 g/mol. The van der Waals surface area contributed by atoms with Gasteiger partial charge in [-0.1, -0.05) is 0 Å². The van der Waals surface area contributed by atoms with Crippen LogP contribution in [0.2, 0.25) is 0 Å². The molecule has 0 spiro atoms. The number of carboxylic acids is 1. The van der Waals surface area contributed by atoms with Gasteiger partial charge in [-0.2, -0.15) is 13.2 Å². The Morgan fingerprint density at radius 3 is 2.23 bits per heavy atom. The zero-order chi connectivity index (χ0) is 10.1. The van der Waals surface area contributed by atoms with E-state index in [1.165, 1.54) is 0 Å². The molecular formula is C7H10F3NO2. The first-order chi connectivity index (χ1) is 5.90. The van der Waals surface area contributed by atoms with E-state index < -0.39 is 17.7 Å². The van der Waals surface area contributed by atoms with Gasteiger partial charge in [0, 0.05) is 0 Å². The van der Waals surface area contributed by atoms with Crippen molar-refractivity contribution in [1.29, 1.82) is 0 Å². The minimum absolute atomic E-state index is 0.103. The van der Waals surface area contributed by atoms with Crippen molar-refractivity contribution < 1.29 is 23.1 Å². The van der Waals surface area contributed by atoms with Crippen LogP contribution in [0.15, 0.2) is 0 Å². The molecule has 0 saturated carbocycles. The van der Waals surface area contributed by atoms with Gasteiger partial charge in [-0.15, -0.1) is 0 Å². The van der Waals surface area contributed by atoms with E-state index in [9.17, 15) is 18.0 Å². The van der Waals surface area contributed by atoms with Crippen LogP contribution in [0.1, 0.15) is 19.3 Å². The Labute approximate surface area is 72.9 Å². The molecule has 0 aromatic carbocycles. The molecule has 1 heterocycles. The highest BCUT2D eigenvalue weighted by molar-refractivity contribution is 5.80. The SMILES string of the molecule is O=C(O)C1(C(F)(F)F)CCCCN1. The minimum Gasteiger partial charge on any atom is -0.480 e. The van der Waals surface area contributed by atoms with Crippen LogP contribution >= 0.6 is 0 Å². The summed E-state index contributed by atoms with van der Waals surface area (Å²) in [4.78, 5) is 10.5. The first-order valence-corrected chi connectivity index (χ1v) is 3.95. The van der Waals surface area contributed by atoms with Crippen LogP contribution < -0.4 is 5.32 Å². The molecule has 0 bridgehead atoms. The van der Waals surface area contributed by atoms with Crippen molar-refractivity contribution in [1.82, 2.24) is 5.32 Å². The Bertz CT molecular complexity index is 208. The molecule has 1 aliphatic rings. The monoisotopic (exact) mass is 197 g/mol. The van der Waals surface area contributed by atoms with E-state index in [0.717, 1.165) is 0 Å². The molecule has 3 nitrogen and oxygen atoms in total. The van der Waals surface area contributed by atoms with Crippen molar-refractivity contribution in [3.05, 3.63) is 0 Å². The highest BCUT2D eigenvalue weighted by Crippen LogP contribution is 2.36. The van der Waals surface area contributed by atoms with Crippen molar-refractivity contribution in [3.8, 4) is 0 Å². The highest BCUT2D eigenvalue weighted by atomic mass is 19.4. The van der Waals surface area contributed by atoms with E-state index in [1.54, 1.807) is 0 Å². The second-order valence-electron chi connectivity index (χ2n) is 3.09. The lowest BCUT2D eigenvalue weighted by Gasteiger charge is -2.35. The summed E-state index contributed by atoms with van der Waals surface area (Å²) in [5.74, 6) is -1.83. The predicted molar refractivity (Wildman–Crippen MR) is 38.3 cm³/mol. The van der Waals surface area contributed by atoms with Crippen molar-refractivity contribution >= 4 is 5.97 Å². The summed E-state index contributed by atoms with van der Waals surface area (Å²) in [6.45, 7) is 0.103. The summed E-state index contributed by atoms with van der Waals surface area (Å²) in [5, 5.41) is 10.6. The summed E-state index contributed by atoms with van der Waals surface area (Å²) in [6.07, 6.45) is -4.23. The fraction of sp³-hybridized carbons (Fsp3) is 0.857. The van der Waals surface area contributed by atoms with Crippen molar-refractivity contribution in [2.24, 2.45) is 0 Å². The van der Waals surface area contributed by atoms with Gasteiger partial charge in [-0.3, -0.25) is 5.32 Å². The lowest BCUT2D eigenvalue weighted by atomic mass is 9.88. The molecule has 13 heavy (non-hydrogen) atoms. The largest absolute Gasteiger partial charge is 0.480 e. The molecule has 2 N–H and O–H groups in total. The fourth-order valence-electron chi connectivity index (χ4n) is 1.45. The number of alkyl halides is 3. The topological polar surface area (TPSA) is 49.3 Å². The van der Waals surface area contributed by atoms with Crippen LogP contribution in [0.25, 0.3) is 0 Å². The van der Waals surface area contributed by atoms with E-state index in [1.807, 2.05) is 5.32 Å². The Morgan fingerprint density at radius 1 is 1.38 bits per heavy atom. The number of carbonyl (C=O) groups is 1. The third kappa shape index (κ3) is 1.63. The van der Waals surface area contributed by atoms with Crippen LogP contribution in [-0.2, 0) is 4.79 Å². The molecular weight excluding hydrogens is 187 g/mol. The van der Waals surface area contributed by atoms with Gasteiger partial charge < -0.3 is 5.11 Å².